The first kappa shape index (κ1) is 23.0. The molecule has 1 aromatic rings. The van der Waals surface area contributed by atoms with E-state index in [1.54, 1.807) is 0 Å². The maximum atomic E-state index is 11.2. The molecule has 6 atom stereocenters. The summed E-state index contributed by atoms with van der Waals surface area (Å²) in [4.78, 5) is 0. The van der Waals surface area contributed by atoms with Gasteiger partial charge in [0.15, 0.2) is 6.04 Å². The van der Waals surface area contributed by atoms with Gasteiger partial charge in [0.05, 0.1) is 33.4 Å². The Morgan fingerprint density at radius 2 is 1.81 bits per heavy atom. The molecule has 0 radical (unpaired) electrons. The maximum absolute atomic E-state index is 11.2. The van der Waals surface area contributed by atoms with Crippen LogP contribution in [0.5, 0.6) is 0 Å². The average molecular weight is 492 g/mol. The molecule has 1 aromatic carbocycles. The quantitative estimate of drug-likeness (QED) is 0.375. The zero-order valence-corrected chi connectivity index (χ0v) is 19.2. The Morgan fingerprint density at radius 3 is 2.44 bits per heavy atom. The molecule has 0 saturated carbocycles. The summed E-state index contributed by atoms with van der Waals surface area (Å²) in [6.45, 7) is 2.81. The Morgan fingerprint density at radius 1 is 1.11 bits per heavy atom. The van der Waals surface area contributed by atoms with Crippen molar-refractivity contribution in [1.29, 1.82) is 0 Å². The van der Waals surface area contributed by atoms with E-state index in [1.807, 2.05) is 18.2 Å². The van der Waals surface area contributed by atoms with E-state index in [1.165, 1.54) is 5.56 Å². The molecule has 154 valence electrons. The van der Waals surface area contributed by atoms with Gasteiger partial charge in [-0.25, -0.2) is 0 Å². The smallest absolute Gasteiger partial charge is 0.213 e. The summed E-state index contributed by atoms with van der Waals surface area (Å²) in [5.74, 6) is 0. The van der Waals surface area contributed by atoms with Crippen molar-refractivity contribution in [3.05, 3.63) is 35.9 Å². The fourth-order valence-corrected chi connectivity index (χ4v) is 4.10. The van der Waals surface area contributed by atoms with Crippen LogP contribution in [0.2, 0.25) is 0 Å². The van der Waals surface area contributed by atoms with Gasteiger partial charge in [-0.3, -0.25) is 0 Å². The summed E-state index contributed by atoms with van der Waals surface area (Å²) in [5, 5.41) is 11.2. The Labute approximate surface area is 180 Å². The number of hydrogen-bond donors (Lipinski definition) is 1. The van der Waals surface area contributed by atoms with Gasteiger partial charge in [-0.2, -0.15) is 0 Å². The lowest BCUT2D eigenvalue weighted by atomic mass is 9.88. The SMILES string of the molecule is CCCCOC1OC2CCC(c3ccccc3)O[C@H]2C(O)C1[N+](C)(C)C.I. The van der Waals surface area contributed by atoms with Crippen molar-refractivity contribution in [3.63, 3.8) is 0 Å². The van der Waals surface area contributed by atoms with E-state index in [4.69, 9.17) is 14.2 Å². The van der Waals surface area contributed by atoms with Crippen molar-refractivity contribution in [1.82, 2.24) is 0 Å². The van der Waals surface area contributed by atoms with Crippen LogP contribution in [0, 0.1) is 0 Å². The molecule has 2 aliphatic rings. The first-order chi connectivity index (χ1) is 12.4. The predicted molar refractivity (Wildman–Crippen MR) is 116 cm³/mol. The summed E-state index contributed by atoms with van der Waals surface area (Å²) in [7, 11) is 6.22. The lowest BCUT2D eigenvalue weighted by Gasteiger charge is -2.51. The highest BCUT2D eigenvalue weighted by atomic mass is 127. The van der Waals surface area contributed by atoms with Crippen LogP contribution in [0.3, 0.4) is 0 Å². The van der Waals surface area contributed by atoms with Gasteiger partial charge in [0, 0.05) is 6.61 Å². The third-order valence-corrected chi connectivity index (χ3v) is 5.52. The second-order valence-electron chi connectivity index (χ2n) is 8.44. The normalized spacial score (nSPS) is 33.8. The van der Waals surface area contributed by atoms with Crippen LogP contribution in [0.4, 0.5) is 0 Å². The van der Waals surface area contributed by atoms with E-state index in [-0.39, 0.29) is 48.3 Å². The number of likely N-dealkylation sites (N-methyl/N-ethyl adjacent to an activating group) is 1. The zero-order chi connectivity index (χ0) is 18.7. The fraction of sp³-hybridized carbons (Fsp3) is 0.714. The van der Waals surface area contributed by atoms with E-state index in [9.17, 15) is 5.11 Å². The largest absolute Gasteiger partial charge is 0.384 e. The molecule has 2 saturated heterocycles. The number of rotatable bonds is 6. The van der Waals surface area contributed by atoms with Gasteiger partial charge in [0.2, 0.25) is 6.29 Å². The second kappa shape index (κ2) is 9.98. The van der Waals surface area contributed by atoms with Crippen molar-refractivity contribution in [2.24, 2.45) is 0 Å². The monoisotopic (exact) mass is 492 g/mol. The summed E-state index contributed by atoms with van der Waals surface area (Å²) in [5.41, 5.74) is 1.17. The number of aliphatic hydroxyl groups is 1. The molecule has 0 amide bonds. The van der Waals surface area contributed by atoms with Crippen molar-refractivity contribution in [2.45, 2.75) is 69.4 Å². The topological polar surface area (TPSA) is 47.9 Å². The van der Waals surface area contributed by atoms with E-state index < -0.39 is 12.4 Å². The fourth-order valence-electron chi connectivity index (χ4n) is 4.10. The van der Waals surface area contributed by atoms with Crippen LogP contribution in [-0.4, -0.2) is 68.0 Å². The Kier molecular flexibility index (Phi) is 8.52. The number of nitrogens with zero attached hydrogens (tertiary/aromatic N) is 1. The minimum Gasteiger partial charge on any atom is -0.384 e. The molecule has 2 fully saturated rings. The van der Waals surface area contributed by atoms with Gasteiger partial charge in [-0.05, 0) is 24.8 Å². The van der Waals surface area contributed by atoms with Crippen LogP contribution in [-0.2, 0) is 14.2 Å². The number of quaternary nitrogens is 1. The Hall–Kier alpha value is -0.250. The number of fused-ring (bicyclic) bond motifs is 1. The molecular formula is C21H35INO4+. The zero-order valence-electron chi connectivity index (χ0n) is 16.9. The standard InChI is InChI=1S/C21H34NO4.HI/c1-5-6-14-24-21-18(22(2,3)4)19(23)20-17(26-21)13-12-16(25-20)15-10-8-7-9-11-15;/h7-11,16-21,23H,5-6,12-14H2,1-4H3;1H/q+1;/t16?,17?,18?,19?,20-,21?;/m1./s1. The highest BCUT2D eigenvalue weighted by molar-refractivity contribution is 14.0. The summed E-state index contributed by atoms with van der Waals surface area (Å²) in [6, 6.07) is 10.1. The number of ether oxygens (including phenoxy) is 3. The van der Waals surface area contributed by atoms with Gasteiger partial charge >= 0.3 is 0 Å². The predicted octanol–water partition coefficient (Wildman–Crippen LogP) is 3.50. The minimum absolute atomic E-state index is 0. The van der Waals surface area contributed by atoms with E-state index in [0.29, 0.717) is 11.1 Å². The van der Waals surface area contributed by atoms with Gasteiger partial charge in [-0.1, -0.05) is 43.7 Å². The Bertz CT molecular complexity index is 565. The summed E-state index contributed by atoms with van der Waals surface area (Å²) < 4.78 is 19.3. The van der Waals surface area contributed by atoms with Gasteiger partial charge in [-0.15, -0.1) is 24.0 Å². The number of aliphatic hydroxyl groups excluding tert-OH is 1. The van der Waals surface area contributed by atoms with Crippen LogP contribution in [0.15, 0.2) is 30.3 Å². The van der Waals surface area contributed by atoms with Crippen molar-refractivity contribution in [3.8, 4) is 0 Å². The summed E-state index contributed by atoms with van der Waals surface area (Å²) in [6.07, 6.45) is 2.43. The van der Waals surface area contributed by atoms with Crippen LogP contribution in [0.25, 0.3) is 0 Å². The molecule has 27 heavy (non-hydrogen) atoms. The van der Waals surface area contributed by atoms with Crippen molar-refractivity contribution in [2.75, 3.05) is 27.7 Å². The highest BCUT2D eigenvalue weighted by Crippen LogP contribution is 2.39. The van der Waals surface area contributed by atoms with Crippen LogP contribution < -0.4 is 0 Å². The van der Waals surface area contributed by atoms with Crippen LogP contribution >= 0.6 is 24.0 Å². The molecule has 0 aromatic heterocycles. The number of halogens is 1. The van der Waals surface area contributed by atoms with E-state index >= 15 is 0 Å². The molecular weight excluding hydrogens is 457 g/mol. The lowest BCUT2D eigenvalue weighted by molar-refractivity contribution is -0.910. The molecule has 1 N–H and O–H groups in total. The molecule has 0 spiro atoms. The number of hydrogen-bond acceptors (Lipinski definition) is 4. The van der Waals surface area contributed by atoms with Gasteiger partial charge in [0.1, 0.15) is 12.2 Å². The molecule has 0 bridgehead atoms. The van der Waals surface area contributed by atoms with Crippen molar-refractivity contribution >= 4 is 24.0 Å². The van der Waals surface area contributed by atoms with Gasteiger partial charge in [0.25, 0.3) is 0 Å². The molecule has 6 heteroatoms. The molecule has 5 unspecified atom stereocenters. The molecule has 3 rings (SSSR count). The van der Waals surface area contributed by atoms with Gasteiger partial charge < -0.3 is 23.8 Å². The third-order valence-electron chi connectivity index (χ3n) is 5.52. The molecule has 2 heterocycles. The lowest BCUT2D eigenvalue weighted by Crippen LogP contribution is -2.69. The molecule has 2 aliphatic heterocycles. The third kappa shape index (κ3) is 5.42. The summed E-state index contributed by atoms with van der Waals surface area (Å²) >= 11 is 0. The highest BCUT2D eigenvalue weighted by Gasteiger charge is 2.54. The van der Waals surface area contributed by atoms with E-state index in [0.717, 1.165) is 25.7 Å². The van der Waals surface area contributed by atoms with Crippen molar-refractivity contribution < 1.29 is 23.8 Å². The second-order valence-corrected chi connectivity index (χ2v) is 8.44. The first-order valence-corrected chi connectivity index (χ1v) is 9.88. The first-order valence-electron chi connectivity index (χ1n) is 9.88. The number of unbranched alkanes of at least 4 members (excludes halogenated alkanes) is 1. The average Bonchev–Trinajstić information content (AvgIpc) is 2.61. The minimum atomic E-state index is -0.619. The van der Waals surface area contributed by atoms with E-state index in [2.05, 4.69) is 40.2 Å². The molecule has 0 aliphatic carbocycles. The number of benzene rings is 1. The Balaban J connectivity index is 0.00000261. The van der Waals surface area contributed by atoms with Crippen LogP contribution in [0.1, 0.15) is 44.3 Å². The molecule has 5 nitrogen and oxygen atoms in total. The maximum Gasteiger partial charge on any atom is 0.213 e.